The number of benzene rings is 1. The molecule has 1 N–H and O–H groups in total. The largest absolute Gasteiger partial charge is 0.301 e. The summed E-state index contributed by atoms with van der Waals surface area (Å²) < 4.78 is 0. The molecule has 0 atom stereocenters. The minimum absolute atomic E-state index is 0.0203. The molecule has 1 amide bonds. The predicted octanol–water partition coefficient (Wildman–Crippen LogP) is 2.21. The lowest BCUT2D eigenvalue weighted by Crippen LogP contribution is -2.48. The molecule has 2 heterocycles. The molecule has 5 nitrogen and oxygen atoms in total. The number of piperazine rings is 1. The van der Waals surface area contributed by atoms with Crippen LogP contribution < -0.4 is 5.32 Å². The standard InChI is InChI=1S/C17H22N4OS/c1-14-2-4-15(5-3-14)12-20-7-9-21(10-8-20)13-16(22)19-17-18-6-11-23-17/h2-6,11H,7-10,12-13H2,1H3,(H,18,19,22). The molecule has 0 bridgehead atoms. The molecular formula is C17H22N4OS. The molecule has 3 rings (SSSR count). The van der Waals surface area contributed by atoms with E-state index in [0.29, 0.717) is 11.7 Å². The number of nitrogens with one attached hydrogen (secondary N) is 1. The number of thiazole rings is 1. The molecule has 0 unspecified atom stereocenters. The molecule has 122 valence electrons. The summed E-state index contributed by atoms with van der Waals surface area (Å²) in [5, 5.41) is 5.37. The Morgan fingerprint density at radius 2 is 1.87 bits per heavy atom. The first-order valence-electron chi connectivity index (χ1n) is 7.88. The van der Waals surface area contributed by atoms with Crippen molar-refractivity contribution in [2.45, 2.75) is 13.5 Å². The summed E-state index contributed by atoms with van der Waals surface area (Å²) in [7, 11) is 0. The number of carbonyl (C=O) groups excluding carboxylic acids is 1. The van der Waals surface area contributed by atoms with E-state index in [9.17, 15) is 4.79 Å². The average molecular weight is 330 g/mol. The van der Waals surface area contributed by atoms with Gasteiger partial charge in [-0.25, -0.2) is 4.98 Å². The molecule has 0 aliphatic carbocycles. The summed E-state index contributed by atoms with van der Waals surface area (Å²) >= 11 is 1.45. The number of hydrogen-bond donors (Lipinski definition) is 1. The van der Waals surface area contributed by atoms with E-state index in [2.05, 4.69) is 51.3 Å². The zero-order chi connectivity index (χ0) is 16.1. The molecule has 2 aromatic rings. The molecular weight excluding hydrogens is 308 g/mol. The Bertz CT molecular complexity index is 619. The maximum absolute atomic E-state index is 12.0. The predicted molar refractivity (Wildman–Crippen MR) is 93.6 cm³/mol. The molecule has 0 spiro atoms. The van der Waals surface area contributed by atoms with Crippen LogP contribution in [0.4, 0.5) is 5.13 Å². The highest BCUT2D eigenvalue weighted by Gasteiger charge is 2.19. The quantitative estimate of drug-likeness (QED) is 0.913. The van der Waals surface area contributed by atoms with Crippen molar-refractivity contribution >= 4 is 22.4 Å². The lowest BCUT2D eigenvalue weighted by atomic mass is 10.1. The molecule has 1 aromatic heterocycles. The Kier molecular flexibility index (Phi) is 5.38. The molecule has 23 heavy (non-hydrogen) atoms. The number of aryl methyl sites for hydroxylation is 1. The van der Waals surface area contributed by atoms with Gasteiger partial charge in [-0.2, -0.15) is 0 Å². The number of amides is 1. The van der Waals surface area contributed by atoms with Crippen molar-refractivity contribution in [1.29, 1.82) is 0 Å². The van der Waals surface area contributed by atoms with E-state index in [1.807, 2.05) is 5.38 Å². The van der Waals surface area contributed by atoms with E-state index in [-0.39, 0.29) is 5.91 Å². The fourth-order valence-corrected chi connectivity index (χ4v) is 3.25. The lowest BCUT2D eigenvalue weighted by Gasteiger charge is -2.34. The van der Waals surface area contributed by atoms with Gasteiger partial charge in [0.05, 0.1) is 6.54 Å². The second-order valence-corrected chi connectivity index (χ2v) is 6.82. The highest BCUT2D eigenvalue weighted by molar-refractivity contribution is 7.13. The van der Waals surface area contributed by atoms with Crippen molar-refractivity contribution in [3.8, 4) is 0 Å². The van der Waals surface area contributed by atoms with E-state index in [4.69, 9.17) is 0 Å². The Balaban J connectivity index is 1.41. The zero-order valence-corrected chi connectivity index (χ0v) is 14.2. The van der Waals surface area contributed by atoms with Crippen molar-refractivity contribution in [2.24, 2.45) is 0 Å². The second kappa shape index (κ2) is 7.68. The molecule has 1 aromatic carbocycles. The minimum atomic E-state index is 0.0203. The second-order valence-electron chi connectivity index (χ2n) is 5.92. The third-order valence-electron chi connectivity index (χ3n) is 4.04. The number of anilines is 1. The summed E-state index contributed by atoms with van der Waals surface area (Å²) in [6.45, 7) is 7.39. The smallest absolute Gasteiger partial charge is 0.240 e. The van der Waals surface area contributed by atoms with Crippen LogP contribution in [0, 0.1) is 6.92 Å². The van der Waals surface area contributed by atoms with Crippen molar-refractivity contribution in [2.75, 3.05) is 38.0 Å². The van der Waals surface area contributed by atoms with E-state index in [1.165, 1.54) is 22.5 Å². The first-order valence-corrected chi connectivity index (χ1v) is 8.76. The Labute approximate surface area is 140 Å². The number of rotatable bonds is 5. The SMILES string of the molecule is Cc1ccc(CN2CCN(CC(=O)Nc3nccs3)CC2)cc1. The maximum Gasteiger partial charge on any atom is 0.240 e. The first kappa shape index (κ1) is 16.1. The average Bonchev–Trinajstić information content (AvgIpc) is 3.04. The third kappa shape index (κ3) is 4.86. The fraction of sp³-hybridized carbons (Fsp3) is 0.412. The Hall–Kier alpha value is -1.76. The Morgan fingerprint density at radius 1 is 1.17 bits per heavy atom. The van der Waals surface area contributed by atoms with Gasteiger partial charge in [0.25, 0.3) is 0 Å². The summed E-state index contributed by atoms with van der Waals surface area (Å²) in [4.78, 5) is 20.7. The summed E-state index contributed by atoms with van der Waals surface area (Å²) in [6, 6.07) is 8.72. The summed E-state index contributed by atoms with van der Waals surface area (Å²) in [6.07, 6.45) is 1.70. The van der Waals surface area contributed by atoms with Gasteiger partial charge >= 0.3 is 0 Å². The van der Waals surface area contributed by atoms with Gasteiger partial charge in [-0.15, -0.1) is 11.3 Å². The van der Waals surface area contributed by atoms with Gasteiger partial charge in [0, 0.05) is 44.3 Å². The molecule has 6 heteroatoms. The van der Waals surface area contributed by atoms with Crippen LogP contribution in [0.15, 0.2) is 35.8 Å². The van der Waals surface area contributed by atoms with Crippen LogP contribution >= 0.6 is 11.3 Å². The monoisotopic (exact) mass is 330 g/mol. The van der Waals surface area contributed by atoms with Gasteiger partial charge in [-0.1, -0.05) is 29.8 Å². The van der Waals surface area contributed by atoms with Gasteiger partial charge in [0.2, 0.25) is 5.91 Å². The number of aromatic nitrogens is 1. The van der Waals surface area contributed by atoms with E-state index in [1.54, 1.807) is 6.20 Å². The number of carbonyl (C=O) groups is 1. The van der Waals surface area contributed by atoms with Crippen LogP contribution in [0.25, 0.3) is 0 Å². The first-order chi connectivity index (χ1) is 11.2. The zero-order valence-electron chi connectivity index (χ0n) is 13.4. The maximum atomic E-state index is 12.0. The normalized spacial score (nSPS) is 16.4. The van der Waals surface area contributed by atoms with Crippen LogP contribution in [0.2, 0.25) is 0 Å². The van der Waals surface area contributed by atoms with Gasteiger partial charge < -0.3 is 5.32 Å². The van der Waals surface area contributed by atoms with Crippen molar-refractivity contribution in [3.05, 3.63) is 47.0 Å². The molecule has 1 aliphatic rings. The van der Waals surface area contributed by atoms with Crippen molar-refractivity contribution < 1.29 is 4.79 Å². The number of hydrogen-bond acceptors (Lipinski definition) is 5. The molecule has 1 fully saturated rings. The fourth-order valence-electron chi connectivity index (χ4n) is 2.70. The van der Waals surface area contributed by atoms with Crippen molar-refractivity contribution in [3.63, 3.8) is 0 Å². The molecule has 0 radical (unpaired) electrons. The lowest BCUT2D eigenvalue weighted by molar-refractivity contribution is -0.117. The van der Waals surface area contributed by atoms with Gasteiger partial charge in [0.15, 0.2) is 5.13 Å². The molecule has 0 saturated carbocycles. The summed E-state index contributed by atoms with van der Waals surface area (Å²) in [5.74, 6) is 0.0203. The van der Waals surface area contributed by atoms with Crippen LogP contribution in [-0.4, -0.2) is 53.4 Å². The molecule has 1 saturated heterocycles. The van der Waals surface area contributed by atoms with E-state index >= 15 is 0 Å². The Morgan fingerprint density at radius 3 is 2.52 bits per heavy atom. The highest BCUT2D eigenvalue weighted by atomic mass is 32.1. The van der Waals surface area contributed by atoms with E-state index < -0.39 is 0 Å². The van der Waals surface area contributed by atoms with Gasteiger partial charge in [-0.3, -0.25) is 14.6 Å². The van der Waals surface area contributed by atoms with Crippen LogP contribution in [0.3, 0.4) is 0 Å². The third-order valence-corrected chi connectivity index (χ3v) is 4.73. The van der Waals surface area contributed by atoms with Crippen LogP contribution in [-0.2, 0) is 11.3 Å². The highest BCUT2D eigenvalue weighted by Crippen LogP contribution is 2.12. The van der Waals surface area contributed by atoms with Gasteiger partial charge in [-0.05, 0) is 12.5 Å². The summed E-state index contributed by atoms with van der Waals surface area (Å²) in [5.41, 5.74) is 2.65. The van der Waals surface area contributed by atoms with Crippen molar-refractivity contribution in [1.82, 2.24) is 14.8 Å². The topological polar surface area (TPSA) is 48.5 Å². The number of nitrogens with zero attached hydrogens (tertiary/aromatic N) is 3. The van der Waals surface area contributed by atoms with Crippen LogP contribution in [0.1, 0.15) is 11.1 Å². The minimum Gasteiger partial charge on any atom is -0.301 e. The van der Waals surface area contributed by atoms with Crippen LogP contribution in [0.5, 0.6) is 0 Å². The van der Waals surface area contributed by atoms with E-state index in [0.717, 1.165) is 32.7 Å². The van der Waals surface area contributed by atoms with Gasteiger partial charge in [0.1, 0.15) is 0 Å². The molecule has 1 aliphatic heterocycles.